The molecule has 2 bridgehead atoms. The van der Waals surface area contributed by atoms with Gasteiger partial charge in [0.25, 0.3) is 5.91 Å². The summed E-state index contributed by atoms with van der Waals surface area (Å²) < 4.78 is 49.6. The van der Waals surface area contributed by atoms with Gasteiger partial charge in [-0.05, 0) is 74.2 Å². The second-order valence-electron chi connectivity index (χ2n) is 9.55. The predicted molar refractivity (Wildman–Crippen MR) is 128 cm³/mol. The number of benzene rings is 2. The van der Waals surface area contributed by atoms with E-state index in [2.05, 4.69) is 31.7 Å². The Morgan fingerprint density at radius 3 is 2.34 bits per heavy atom. The lowest BCUT2D eigenvalue weighted by molar-refractivity contribution is -0.137. The van der Waals surface area contributed by atoms with Gasteiger partial charge in [0, 0.05) is 56.9 Å². The summed E-state index contributed by atoms with van der Waals surface area (Å²) >= 11 is 0. The van der Waals surface area contributed by atoms with E-state index >= 15 is 0 Å². The van der Waals surface area contributed by atoms with Crippen LogP contribution >= 0.6 is 0 Å². The first kappa shape index (κ1) is 25.5. The van der Waals surface area contributed by atoms with Gasteiger partial charge in [-0.1, -0.05) is 6.07 Å². The minimum absolute atomic E-state index is 0.0713. The number of alkyl halides is 3. The molecule has 4 rings (SSSR count). The first-order chi connectivity index (χ1) is 16.6. The second kappa shape index (κ2) is 10.2. The predicted octanol–water partition coefficient (Wildman–Crippen LogP) is 5.40. The third-order valence-corrected chi connectivity index (χ3v) is 7.48. The number of nitrogens with zero attached hydrogens (tertiary/aromatic N) is 2. The van der Waals surface area contributed by atoms with Gasteiger partial charge in [0.05, 0.1) is 12.2 Å². The topological polar surface area (TPSA) is 42.0 Å². The standard InChI is InChI=1S/C27H33F3N2O3/c1-17-18(2)25(35-13-5-12-34-4)11-10-24(17)19(3)31-15-23-14-22(31)16-32(23)26(33)20-6-8-21(9-7-20)27(28,29)30/h6-11,19,22-23H,5,12-16H2,1-4H3/t19?,22-,23+/m0/s1. The van der Waals surface area contributed by atoms with E-state index in [4.69, 9.17) is 9.47 Å². The monoisotopic (exact) mass is 490 g/mol. The summed E-state index contributed by atoms with van der Waals surface area (Å²) in [6.45, 7) is 9.03. The van der Waals surface area contributed by atoms with Crippen molar-refractivity contribution in [1.82, 2.24) is 9.80 Å². The molecule has 2 aliphatic rings. The highest BCUT2D eigenvalue weighted by Crippen LogP contribution is 2.39. The van der Waals surface area contributed by atoms with Gasteiger partial charge < -0.3 is 14.4 Å². The molecule has 3 atom stereocenters. The molecule has 0 saturated carbocycles. The molecule has 5 nitrogen and oxygen atoms in total. The van der Waals surface area contributed by atoms with Gasteiger partial charge in [0.1, 0.15) is 5.75 Å². The highest BCUT2D eigenvalue weighted by atomic mass is 19.4. The first-order valence-electron chi connectivity index (χ1n) is 12.1. The van der Waals surface area contributed by atoms with Gasteiger partial charge in [-0.3, -0.25) is 9.69 Å². The van der Waals surface area contributed by atoms with Crippen molar-refractivity contribution in [3.8, 4) is 5.75 Å². The number of piperazine rings is 1. The molecule has 35 heavy (non-hydrogen) atoms. The van der Waals surface area contributed by atoms with Crippen LogP contribution in [0.1, 0.15) is 58.4 Å². The molecule has 8 heteroatoms. The minimum atomic E-state index is -4.41. The summed E-state index contributed by atoms with van der Waals surface area (Å²) in [7, 11) is 1.68. The van der Waals surface area contributed by atoms with Crippen molar-refractivity contribution in [2.24, 2.45) is 0 Å². The number of carbonyl (C=O) groups is 1. The fourth-order valence-electron chi connectivity index (χ4n) is 5.38. The van der Waals surface area contributed by atoms with E-state index in [0.29, 0.717) is 25.3 Å². The Hall–Kier alpha value is -2.58. The van der Waals surface area contributed by atoms with Crippen molar-refractivity contribution in [3.63, 3.8) is 0 Å². The van der Waals surface area contributed by atoms with Crippen LogP contribution in [0.3, 0.4) is 0 Å². The molecule has 2 aromatic rings. The largest absolute Gasteiger partial charge is 0.493 e. The zero-order chi connectivity index (χ0) is 25.3. The lowest BCUT2D eigenvalue weighted by Crippen LogP contribution is -2.49. The molecule has 2 fully saturated rings. The number of rotatable bonds is 8. The average Bonchev–Trinajstić information content (AvgIpc) is 3.44. The summed E-state index contributed by atoms with van der Waals surface area (Å²) in [6, 6.07) is 9.18. The zero-order valence-corrected chi connectivity index (χ0v) is 20.7. The Kier molecular flexibility index (Phi) is 7.43. The van der Waals surface area contributed by atoms with Crippen molar-refractivity contribution in [3.05, 3.63) is 64.2 Å². The molecule has 2 heterocycles. The van der Waals surface area contributed by atoms with E-state index in [0.717, 1.165) is 42.8 Å². The average molecular weight is 491 g/mol. The molecule has 2 aliphatic heterocycles. The van der Waals surface area contributed by atoms with E-state index < -0.39 is 11.7 Å². The molecule has 2 aromatic carbocycles. The third-order valence-electron chi connectivity index (χ3n) is 7.48. The molecule has 2 saturated heterocycles. The normalized spacial score (nSPS) is 20.9. The highest BCUT2D eigenvalue weighted by Gasteiger charge is 2.47. The van der Waals surface area contributed by atoms with Crippen molar-refractivity contribution in [1.29, 1.82) is 0 Å². The van der Waals surface area contributed by atoms with Crippen molar-refractivity contribution in [2.45, 2.75) is 57.9 Å². The minimum Gasteiger partial charge on any atom is -0.493 e. The van der Waals surface area contributed by atoms with Crippen LogP contribution in [0, 0.1) is 13.8 Å². The van der Waals surface area contributed by atoms with Gasteiger partial charge in [-0.2, -0.15) is 13.2 Å². The third kappa shape index (κ3) is 5.19. The van der Waals surface area contributed by atoms with Gasteiger partial charge in [-0.15, -0.1) is 0 Å². The van der Waals surface area contributed by atoms with Gasteiger partial charge in [0.2, 0.25) is 0 Å². The van der Waals surface area contributed by atoms with Crippen LogP contribution < -0.4 is 4.74 Å². The van der Waals surface area contributed by atoms with Crippen LogP contribution in [-0.4, -0.2) is 61.2 Å². The SMILES string of the molecule is COCCCOc1ccc(C(C)N2C[C@H]3C[C@H]2CN3C(=O)c2ccc(C(F)(F)F)cc2)c(C)c1C. The zero-order valence-electron chi connectivity index (χ0n) is 20.7. The highest BCUT2D eigenvalue weighted by molar-refractivity contribution is 5.94. The molecular weight excluding hydrogens is 457 g/mol. The smallest absolute Gasteiger partial charge is 0.416 e. The summed E-state index contributed by atoms with van der Waals surface area (Å²) in [5.74, 6) is 0.700. The molecule has 190 valence electrons. The summed E-state index contributed by atoms with van der Waals surface area (Å²) in [6.07, 6.45) is -2.68. The molecule has 1 unspecified atom stereocenters. The molecular formula is C27H33F3N2O3. The van der Waals surface area contributed by atoms with Crippen LogP contribution in [0.4, 0.5) is 13.2 Å². The van der Waals surface area contributed by atoms with Crippen molar-refractivity contribution >= 4 is 5.91 Å². The van der Waals surface area contributed by atoms with Gasteiger partial charge in [-0.25, -0.2) is 0 Å². The number of likely N-dealkylation sites (tertiary alicyclic amines) is 2. The maximum atomic E-state index is 13.0. The quantitative estimate of drug-likeness (QED) is 0.465. The Morgan fingerprint density at radius 1 is 1.03 bits per heavy atom. The Labute approximate surface area is 204 Å². The van der Waals surface area contributed by atoms with E-state index in [1.165, 1.54) is 23.3 Å². The summed E-state index contributed by atoms with van der Waals surface area (Å²) in [4.78, 5) is 17.3. The summed E-state index contributed by atoms with van der Waals surface area (Å²) in [5.41, 5.74) is 3.16. The van der Waals surface area contributed by atoms with Crippen molar-refractivity contribution < 1.29 is 27.4 Å². The van der Waals surface area contributed by atoms with Crippen molar-refractivity contribution in [2.75, 3.05) is 33.4 Å². The molecule has 0 spiro atoms. The van der Waals surface area contributed by atoms with Crippen LogP contribution in [-0.2, 0) is 10.9 Å². The number of fused-ring (bicyclic) bond motifs is 2. The number of ether oxygens (including phenoxy) is 2. The maximum absolute atomic E-state index is 13.0. The fraction of sp³-hybridized carbons (Fsp3) is 0.519. The Morgan fingerprint density at radius 2 is 1.74 bits per heavy atom. The van der Waals surface area contributed by atoms with Crippen LogP contribution in [0.5, 0.6) is 5.75 Å². The fourth-order valence-corrected chi connectivity index (χ4v) is 5.38. The number of methoxy groups -OCH3 is 1. The van der Waals surface area contributed by atoms with E-state index in [1.54, 1.807) is 7.11 Å². The Bertz CT molecular complexity index is 1050. The first-order valence-corrected chi connectivity index (χ1v) is 12.1. The second-order valence-corrected chi connectivity index (χ2v) is 9.55. The number of amides is 1. The number of hydrogen-bond donors (Lipinski definition) is 0. The summed E-state index contributed by atoms with van der Waals surface area (Å²) in [5, 5.41) is 0. The molecule has 0 aliphatic carbocycles. The maximum Gasteiger partial charge on any atom is 0.416 e. The van der Waals surface area contributed by atoms with E-state index in [1.807, 2.05) is 11.0 Å². The molecule has 0 radical (unpaired) electrons. The number of hydrogen-bond acceptors (Lipinski definition) is 4. The van der Waals surface area contributed by atoms with Gasteiger partial charge in [0.15, 0.2) is 0 Å². The van der Waals surface area contributed by atoms with Crippen LogP contribution in [0.25, 0.3) is 0 Å². The van der Waals surface area contributed by atoms with Gasteiger partial charge >= 0.3 is 6.18 Å². The molecule has 0 aromatic heterocycles. The molecule has 1 amide bonds. The lowest BCUT2D eigenvalue weighted by atomic mass is 9.96. The molecule has 0 N–H and O–H groups in total. The lowest BCUT2D eigenvalue weighted by Gasteiger charge is -2.38. The van der Waals surface area contributed by atoms with Crippen LogP contribution in [0.15, 0.2) is 36.4 Å². The van der Waals surface area contributed by atoms with E-state index in [9.17, 15) is 18.0 Å². The number of halogens is 3. The van der Waals surface area contributed by atoms with Crippen LogP contribution in [0.2, 0.25) is 0 Å². The van der Waals surface area contributed by atoms with E-state index in [-0.39, 0.29) is 24.0 Å². The number of carbonyl (C=O) groups excluding carboxylic acids is 1. The Balaban J connectivity index is 1.40.